The number of hydrogen-bond acceptors (Lipinski definition) is 4. The average Bonchev–Trinajstić information content (AvgIpc) is 3.12. The van der Waals surface area contributed by atoms with Crippen LogP contribution in [0.25, 0.3) is 10.2 Å². The molecule has 1 aliphatic rings. The number of carbonyl (C=O) groups is 1. The second-order valence-electron chi connectivity index (χ2n) is 5.49. The number of aliphatic hydroxyl groups excluding tert-OH is 1. The van der Waals surface area contributed by atoms with Crippen molar-refractivity contribution >= 4 is 27.5 Å². The maximum atomic E-state index is 12.2. The number of hydrogen-bond donors (Lipinski definition) is 1. The molecule has 1 aromatic carbocycles. The standard InChI is InChI=1S/C16H20N2O2S/c19-11-12-5-4-10-18(12)16(20)9-3-8-15-17-13-6-1-2-7-14(13)21-15/h1-2,6-7,12,19H,3-5,8-11H2/t12-/m1/s1. The molecule has 1 aliphatic heterocycles. The van der Waals surface area contributed by atoms with Crippen molar-refractivity contribution in [3.05, 3.63) is 29.3 Å². The molecule has 1 atom stereocenters. The van der Waals surface area contributed by atoms with Gasteiger partial charge in [0, 0.05) is 13.0 Å². The van der Waals surface area contributed by atoms with E-state index >= 15 is 0 Å². The molecule has 0 unspecified atom stereocenters. The lowest BCUT2D eigenvalue weighted by molar-refractivity contribution is -0.132. The maximum Gasteiger partial charge on any atom is 0.222 e. The van der Waals surface area contributed by atoms with Gasteiger partial charge in [-0.25, -0.2) is 4.98 Å². The van der Waals surface area contributed by atoms with E-state index in [2.05, 4.69) is 11.1 Å². The summed E-state index contributed by atoms with van der Waals surface area (Å²) in [5, 5.41) is 10.4. The van der Waals surface area contributed by atoms with Gasteiger partial charge < -0.3 is 10.0 Å². The zero-order valence-electron chi connectivity index (χ0n) is 12.0. The Balaban J connectivity index is 1.52. The number of aromatic nitrogens is 1. The molecule has 1 N–H and O–H groups in total. The van der Waals surface area contributed by atoms with Crippen molar-refractivity contribution in [2.45, 2.75) is 38.1 Å². The van der Waals surface area contributed by atoms with Gasteiger partial charge >= 0.3 is 0 Å². The number of carbonyl (C=O) groups excluding carboxylic acids is 1. The van der Waals surface area contributed by atoms with Gasteiger partial charge in [-0.15, -0.1) is 11.3 Å². The highest BCUT2D eigenvalue weighted by Gasteiger charge is 2.27. The van der Waals surface area contributed by atoms with E-state index < -0.39 is 0 Å². The first-order valence-electron chi connectivity index (χ1n) is 7.52. The molecule has 0 spiro atoms. The monoisotopic (exact) mass is 304 g/mol. The second kappa shape index (κ2) is 6.54. The lowest BCUT2D eigenvalue weighted by Gasteiger charge is -2.22. The van der Waals surface area contributed by atoms with E-state index in [9.17, 15) is 9.90 Å². The molecule has 5 heteroatoms. The second-order valence-corrected chi connectivity index (χ2v) is 6.61. The first-order valence-corrected chi connectivity index (χ1v) is 8.34. The number of benzene rings is 1. The molecule has 0 bridgehead atoms. The molecular weight excluding hydrogens is 284 g/mol. The predicted molar refractivity (Wildman–Crippen MR) is 84.4 cm³/mol. The topological polar surface area (TPSA) is 53.4 Å². The minimum atomic E-state index is 0.0416. The van der Waals surface area contributed by atoms with Gasteiger partial charge in [-0.05, 0) is 37.8 Å². The van der Waals surface area contributed by atoms with Crippen molar-refractivity contribution in [1.82, 2.24) is 9.88 Å². The van der Waals surface area contributed by atoms with Crippen LogP contribution in [-0.2, 0) is 11.2 Å². The van der Waals surface area contributed by atoms with Crippen molar-refractivity contribution in [3.8, 4) is 0 Å². The molecule has 4 nitrogen and oxygen atoms in total. The van der Waals surface area contributed by atoms with Gasteiger partial charge in [-0.3, -0.25) is 4.79 Å². The zero-order valence-corrected chi connectivity index (χ0v) is 12.8. The molecule has 0 saturated carbocycles. The third-order valence-electron chi connectivity index (χ3n) is 4.03. The fourth-order valence-electron chi connectivity index (χ4n) is 2.92. The van der Waals surface area contributed by atoms with E-state index in [4.69, 9.17) is 0 Å². The number of nitrogens with zero attached hydrogens (tertiary/aromatic N) is 2. The predicted octanol–water partition coefficient (Wildman–Crippen LogP) is 2.60. The first kappa shape index (κ1) is 14.5. The largest absolute Gasteiger partial charge is 0.394 e. The van der Waals surface area contributed by atoms with Crippen LogP contribution in [0.1, 0.15) is 30.7 Å². The van der Waals surface area contributed by atoms with Crippen LogP contribution < -0.4 is 0 Å². The molecule has 2 aromatic rings. The quantitative estimate of drug-likeness (QED) is 0.924. The Morgan fingerprint density at radius 3 is 3.10 bits per heavy atom. The molecule has 1 fully saturated rings. The van der Waals surface area contributed by atoms with E-state index in [1.807, 2.05) is 23.1 Å². The summed E-state index contributed by atoms with van der Waals surface area (Å²) < 4.78 is 1.21. The van der Waals surface area contributed by atoms with Gasteiger partial charge in [0.2, 0.25) is 5.91 Å². The first-order chi connectivity index (χ1) is 10.3. The Morgan fingerprint density at radius 1 is 1.43 bits per heavy atom. The van der Waals surface area contributed by atoms with E-state index in [0.717, 1.165) is 42.8 Å². The van der Waals surface area contributed by atoms with Crippen molar-refractivity contribution in [2.75, 3.05) is 13.2 Å². The molecule has 3 rings (SSSR count). The number of fused-ring (bicyclic) bond motifs is 1. The van der Waals surface area contributed by atoms with Crippen LogP contribution >= 0.6 is 11.3 Å². The van der Waals surface area contributed by atoms with Crippen LogP contribution in [0.2, 0.25) is 0 Å². The fraction of sp³-hybridized carbons (Fsp3) is 0.500. The molecule has 1 saturated heterocycles. The van der Waals surface area contributed by atoms with Crippen LogP contribution in [-0.4, -0.2) is 40.1 Å². The minimum absolute atomic E-state index is 0.0416. The molecule has 21 heavy (non-hydrogen) atoms. The molecule has 1 amide bonds. The number of amides is 1. The Bertz CT molecular complexity index is 593. The van der Waals surface area contributed by atoms with Crippen molar-refractivity contribution < 1.29 is 9.90 Å². The summed E-state index contributed by atoms with van der Waals surface area (Å²) in [7, 11) is 0. The highest BCUT2D eigenvalue weighted by molar-refractivity contribution is 7.18. The van der Waals surface area contributed by atoms with Crippen LogP contribution in [0.4, 0.5) is 0 Å². The smallest absolute Gasteiger partial charge is 0.222 e. The third-order valence-corrected chi connectivity index (χ3v) is 5.12. The summed E-state index contributed by atoms with van der Waals surface area (Å²) in [4.78, 5) is 18.6. The Hall–Kier alpha value is -1.46. The number of likely N-dealkylation sites (tertiary alicyclic amines) is 1. The molecule has 1 aromatic heterocycles. The lowest BCUT2D eigenvalue weighted by Crippen LogP contribution is -2.37. The van der Waals surface area contributed by atoms with E-state index in [-0.39, 0.29) is 18.6 Å². The lowest BCUT2D eigenvalue weighted by atomic mass is 10.2. The van der Waals surface area contributed by atoms with Gasteiger partial charge in [0.05, 0.1) is 27.9 Å². The zero-order chi connectivity index (χ0) is 14.7. The van der Waals surface area contributed by atoms with Crippen molar-refractivity contribution in [3.63, 3.8) is 0 Å². The number of thiazole rings is 1. The fourth-order valence-corrected chi connectivity index (χ4v) is 3.92. The number of aryl methyl sites for hydroxylation is 1. The van der Waals surface area contributed by atoms with Crippen molar-refractivity contribution in [1.29, 1.82) is 0 Å². The van der Waals surface area contributed by atoms with E-state index in [0.29, 0.717) is 6.42 Å². The Kier molecular flexibility index (Phi) is 4.51. The molecule has 2 heterocycles. The van der Waals surface area contributed by atoms with E-state index in [1.165, 1.54) is 4.70 Å². The SMILES string of the molecule is O=C(CCCc1nc2ccccc2s1)N1CCC[C@@H]1CO. The molecular formula is C16H20N2O2S. The van der Waals surface area contributed by atoms with Crippen molar-refractivity contribution in [2.24, 2.45) is 0 Å². The van der Waals surface area contributed by atoms with E-state index in [1.54, 1.807) is 11.3 Å². The number of para-hydroxylation sites is 1. The molecule has 0 radical (unpaired) electrons. The molecule has 0 aliphatic carbocycles. The third kappa shape index (κ3) is 3.24. The van der Waals surface area contributed by atoms with Crippen LogP contribution in [0.15, 0.2) is 24.3 Å². The normalized spacial score (nSPS) is 18.5. The number of aliphatic hydroxyl groups is 1. The molecule has 112 valence electrons. The van der Waals surface area contributed by atoms with Gasteiger partial charge in [0.15, 0.2) is 0 Å². The van der Waals surface area contributed by atoms with Crippen LogP contribution in [0, 0.1) is 0 Å². The summed E-state index contributed by atoms with van der Waals surface area (Å²) in [6.07, 6.45) is 4.16. The van der Waals surface area contributed by atoms with Crippen LogP contribution in [0.5, 0.6) is 0 Å². The van der Waals surface area contributed by atoms with Gasteiger partial charge in [-0.2, -0.15) is 0 Å². The minimum Gasteiger partial charge on any atom is -0.394 e. The van der Waals surface area contributed by atoms with Gasteiger partial charge in [-0.1, -0.05) is 12.1 Å². The highest BCUT2D eigenvalue weighted by atomic mass is 32.1. The summed E-state index contributed by atoms with van der Waals surface area (Å²) in [6, 6.07) is 8.17. The summed E-state index contributed by atoms with van der Waals surface area (Å²) in [5.41, 5.74) is 1.05. The van der Waals surface area contributed by atoms with Crippen LogP contribution in [0.3, 0.4) is 0 Å². The Labute approximate surface area is 128 Å². The maximum absolute atomic E-state index is 12.2. The Morgan fingerprint density at radius 2 is 2.29 bits per heavy atom. The average molecular weight is 304 g/mol. The number of rotatable bonds is 5. The van der Waals surface area contributed by atoms with Gasteiger partial charge in [0.25, 0.3) is 0 Å². The highest BCUT2D eigenvalue weighted by Crippen LogP contribution is 2.23. The summed E-state index contributed by atoms with van der Waals surface area (Å²) >= 11 is 1.71. The van der Waals surface area contributed by atoms with Gasteiger partial charge in [0.1, 0.15) is 0 Å². The summed E-state index contributed by atoms with van der Waals surface area (Å²) in [6.45, 7) is 0.884. The summed E-state index contributed by atoms with van der Waals surface area (Å²) in [5.74, 6) is 0.174.